The largest absolute Gasteiger partial charge is 0.267 e. The third-order valence-corrected chi connectivity index (χ3v) is 7.38. The minimum absolute atomic E-state index is 0.140. The maximum absolute atomic E-state index is 13.1. The monoisotopic (exact) mass is 502 g/mol. The average molecular weight is 503 g/mol. The van der Waals surface area contributed by atoms with E-state index in [1.165, 1.54) is 11.1 Å². The highest BCUT2D eigenvalue weighted by atomic mass is 35.5. The van der Waals surface area contributed by atoms with Crippen LogP contribution in [0.25, 0.3) is 0 Å². The molecule has 35 heavy (non-hydrogen) atoms. The molecule has 0 amide bonds. The van der Waals surface area contributed by atoms with Crippen molar-refractivity contribution in [3.05, 3.63) is 136 Å². The number of sulfonamides is 1. The lowest BCUT2D eigenvalue weighted by molar-refractivity contribution is 0.592. The van der Waals surface area contributed by atoms with Crippen LogP contribution in [-0.2, 0) is 10.0 Å². The van der Waals surface area contributed by atoms with E-state index in [0.29, 0.717) is 23.0 Å². The molecule has 4 rings (SSSR count). The van der Waals surface area contributed by atoms with E-state index >= 15 is 0 Å². The van der Waals surface area contributed by atoms with Crippen molar-refractivity contribution in [1.82, 2.24) is 4.72 Å². The first-order valence-electron chi connectivity index (χ1n) is 11.4. The van der Waals surface area contributed by atoms with Gasteiger partial charge in [0, 0.05) is 23.0 Å². The van der Waals surface area contributed by atoms with Crippen molar-refractivity contribution in [1.29, 1.82) is 0 Å². The summed E-state index contributed by atoms with van der Waals surface area (Å²) < 4.78 is 28.9. The molecule has 0 bridgehead atoms. The van der Waals surface area contributed by atoms with Crippen LogP contribution >= 0.6 is 11.6 Å². The average Bonchev–Trinajstić information content (AvgIpc) is 2.88. The van der Waals surface area contributed by atoms with E-state index in [4.69, 9.17) is 16.6 Å². The second-order valence-corrected chi connectivity index (χ2v) is 10.4. The molecule has 0 unspecified atom stereocenters. The molecular formula is C29H27ClN2O2S. The number of rotatable bonds is 8. The molecule has 4 aromatic rings. The van der Waals surface area contributed by atoms with Crippen molar-refractivity contribution in [2.24, 2.45) is 4.99 Å². The van der Waals surface area contributed by atoms with Crippen molar-refractivity contribution >= 4 is 27.5 Å². The van der Waals surface area contributed by atoms with E-state index in [-0.39, 0.29) is 10.8 Å². The van der Waals surface area contributed by atoms with Crippen LogP contribution in [0.5, 0.6) is 0 Å². The molecule has 0 aliphatic carbocycles. The standard InChI is InChI=1S/C29H27ClN2O2S/c1-22-12-18-27(19-13-22)35(33,34)32-29(25-14-16-26(30)17-15-25)31-21-20-28(23-8-4-2-5-9-23)24-10-6-3-7-11-24/h2-19,28H,20-21H2,1H3,(H,31,32). The first-order chi connectivity index (χ1) is 16.9. The zero-order chi connectivity index (χ0) is 24.7. The van der Waals surface area contributed by atoms with E-state index < -0.39 is 10.0 Å². The lowest BCUT2D eigenvalue weighted by Crippen LogP contribution is -2.31. The van der Waals surface area contributed by atoms with Crippen LogP contribution in [0.4, 0.5) is 0 Å². The zero-order valence-corrected chi connectivity index (χ0v) is 21.0. The van der Waals surface area contributed by atoms with Crippen molar-refractivity contribution in [3.8, 4) is 0 Å². The van der Waals surface area contributed by atoms with Crippen LogP contribution < -0.4 is 4.72 Å². The Morgan fingerprint density at radius 1 is 0.800 bits per heavy atom. The lowest BCUT2D eigenvalue weighted by Gasteiger charge is -2.18. The SMILES string of the molecule is Cc1ccc(S(=O)(=O)NC(=NCCC(c2ccccc2)c2ccccc2)c2ccc(Cl)cc2)cc1. The Morgan fingerprint density at radius 3 is 1.89 bits per heavy atom. The summed E-state index contributed by atoms with van der Waals surface area (Å²) in [5, 5.41) is 0.572. The summed E-state index contributed by atoms with van der Waals surface area (Å²) in [7, 11) is -3.80. The molecule has 6 heteroatoms. The summed E-state index contributed by atoms with van der Waals surface area (Å²) in [6.07, 6.45) is 0.720. The molecule has 0 aromatic heterocycles. The smallest absolute Gasteiger partial charge is 0.263 e. The first-order valence-corrected chi connectivity index (χ1v) is 13.3. The lowest BCUT2D eigenvalue weighted by atomic mass is 9.88. The highest BCUT2D eigenvalue weighted by Crippen LogP contribution is 2.28. The molecule has 0 atom stereocenters. The maximum atomic E-state index is 13.1. The van der Waals surface area contributed by atoms with Gasteiger partial charge in [0.25, 0.3) is 10.0 Å². The fraction of sp³-hybridized carbons (Fsp3) is 0.138. The Morgan fingerprint density at radius 2 is 1.34 bits per heavy atom. The van der Waals surface area contributed by atoms with Gasteiger partial charge in [0.15, 0.2) is 0 Å². The highest BCUT2D eigenvalue weighted by Gasteiger charge is 2.18. The van der Waals surface area contributed by atoms with Crippen LogP contribution in [0.15, 0.2) is 119 Å². The maximum Gasteiger partial charge on any atom is 0.263 e. The van der Waals surface area contributed by atoms with Gasteiger partial charge in [0.1, 0.15) is 5.84 Å². The molecule has 0 saturated carbocycles. The summed E-state index contributed by atoms with van der Waals surface area (Å²) >= 11 is 6.06. The number of amidine groups is 1. The number of benzene rings is 4. The summed E-state index contributed by atoms with van der Waals surface area (Å²) in [5.41, 5.74) is 4.04. The number of nitrogens with zero attached hydrogens (tertiary/aromatic N) is 1. The third-order valence-electron chi connectivity index (χ3n) is 5.77. The van der Waals surface area contributed by atoms with Crippen LogP contribution in [0.3, 0.4) is 0 Å². The fourth-order valence-corrected chi connectivity index (χ4v) is 5.07. The van der Waals surface area contributed by atoms with E-state index in [2.05, 4.69) is 29.0 Å². The Balaban J connectivity index is 1.62. The van der Waals surface area contributed by atoms with Gasteiger partial charge in [-0.3, -0.25) is 9.71 Å². The van der Waals surface area contributed by atoms with E-state index in [0.717, 1.165) is 12.0 Å². The van der Waals surface area contributed by atoms with Gasteiger partial charge in [0.2, 0.25) is 0 Å². The molecule has 0 aliphatic heterocycles. The Kier molecular flexibility index (Phi) is 8.01. The van der Waals surface area contributed by atoms with E-state index in [1.54, 1.807) is 48.5 Å². The fourth-order valence-electron chi connectivity index (χ4n) is 3.90. The number of hydrogen-bond donors (Lipinski definition) is 1. The Hall–Kier alpha value is -3.41. The number of aryl methyl sites for hydroxylation is 1. The molecule has 0 heterocycles. The third kappa shape index (κ3) is 6.59. The van der Waals surface area contributed by atoms with Gasteiger partial charge in [-0.1, -0.05) is 90.0 Å². The highest BCUT2D eigenvalue weighted by molar-refractivity contribution is 7.90. The van der Waals surface area contributed by atoms with Crippen molar-refractivity contribution in [2.75, 3.05) is 6.54 Å². The minimum Gasteiger partial charge on any atom is -0.267 e. The summed E-state index contributed by atoms with van der Waals surface area (Å²) in [6, 6.07) is 34.3. The molecule has 0 spiro atoms. The van der Waals surface area contributed by atoms with Crippen molar-refractivity contribution < 1.29 is 8.42 Å². The van der Waals surface area contributed by atoms with Gasteiger partial charge in [-0.25, -0.2) is 8.42 Å². The van der Waals surface area contributed by atoms with Crippen LogP contribution in [0, 0.1) is 6.92 Å². The minimum atomic E-state index is -3.80. The second kappa shape index (κ2) is 11.3. The summed E-state index contributed by atoms with van der Waals surface area (Å²) in [6.45, 7) is 2.35. The van der Waals surface area contributed by atoms with Gasteiger partial charge in [-0.05, 0) is 60.9 Å². The quantitative estimate of drug-likeness (QED) is 0.218. The summed E-state index contributed by atoms with van der Waals surface area (Å²) in [4.78, 5) is 4.92. The number of hydrogen-bond acceptors (Lipinski definition) is 3. The van der Waals surface area contributed by atoms with Crippen molar-refractivity contribution in [3.63, 3.8) is 0 Å². The molecule has 4 nitrogen and oxygen atoms in total. The van der Waals surface area contributed by atoms with Crippen LogP contribution in [0.2, 0.25) is 5.02 Å². The zero-order valence-electron chi connectivity index (χ0n) is 19.4. The van der Waals surface area contributed by atoms with Gasteiger partial charge < -0.3 is 0 Å². The van der Waals surface area contributed by atoms with Gasteiger partial charge in [0.05, 0.1) is 4.90 Å². The van der Waals surface area contributed by atoms with E-state index in [9.17, 15) is 8.42 Å². The molecule has 4 aromatic carbocycles. The molecular weight excluding hydrogens is 476 g/mol. The molecule has 0 radical (unpaired) electrons. The molecule has 178 valence electrons. The first kappa shape index (κ1) is 24.7. The van der Waals surface area contributed by atoms with Crippen molar-refractivity contribution in [2.45, 2.75) is 24.2 Å². The van der Waals surface area contributed by atoms with Gasteiger partial charge in [-0.2, -0.15) is 0 Å². The van der Waals surface area contributed by atoms with Gasteiger partial charge >= 0.3 is 0 Å². The number of nitrogens with one attached hydrogen (secondary N) is 1. The van der Waals surface area contributed by atoms with E-state index in [1.807, 2.05) is 43.3 Å². The Bertz CT molecular complexity index is 1330. The molecule has 1 N–H and O–H groups in total. The molecule has 0 fully saturated rings. The normalized spacial score (nSPS) is 12.0. The number of aliphatic imine (C=N–C) groups is 1. The molecule has 0 aliphatic rings. The number of halogens is 1. The predicted octanol–water partition coefficient (Wildman–Crippen LogP) is 6.60. The van der Waals surface area contributed by atoms with Gasteiger partial charge in [-0.15, -0.1) is 0 Å². The van der Waals surface area contributed by atoms with Crippen LogP contribution in [-0.4, -0.2) is 20.8 Å². The Labute approximate surface area is 212 Å². The predicted molar refractivity (Wildman–Crippen MR) is 144 cm³/mol. The summed E-state index contributed by atoms with van der Waals surface area (Å²) in [5.74, 6) is 0.434. The topological polar surface area (TPSA) is 58.5 Å². The molecule has 0 saturated heterocycles. The second-order valence-electron chi connectivity index (χ2n) is 8.32. The van der Waals surface area contributed by atoms with Crippen LogP contribution in [0.1, 0.15) is 34.6 Å².